The highest BCUT2D eigenvalue weighted by molar-refractivity contribution is 7.08. The summed E-state index contributed by atoms with van der Waals surface area (Å²) in [4.78, 5) is 12.7. The van der Waals surface area contributed by atoms with Gasteiger partial charge in [-0.2, -0.15) is 11.3 Å². The van der Waals surface area contributed by atoms with Crippen molar-refractivity contribution in [2.45, 2.75) is 18.9 Å². The molecule has 2 aromatic heterocycles. The van der Waals surface area contributed by atoms with E-state index < -0.39 is 0 Å². The number of anilines is 1. The smallest absolute Gasteiger partial charge is 0.259 e. The molecular formula is C17H15N3O2S. The first kappa shape index (κ1) is 14.0. The molecule has 0 aliphatic heterocycles. The third-order valence-electron chi connectivity index (χ3n) is 4.18. The summed E-state index contributed by atoms with van der Waals surface area (Å²) in [5.74, 6) is -0.193. The largest absolute Gasteiger partial charge is 0.367 e. The van der Waals surface area contributed by atoms with E-state index in [1.807, 2.05) is 29.0 Å². The van der Waals surface area contributed by atoms with Gasteiger partial charge < -0.3 is 15.6 Å². The van der Waals surface area contributed by atoms with Crippen molar-refractivity contribution in [3.63, 3.8) is 0 Å². The molecule has 6 heteroatoms. The summed E-state index contributed by atoms with van der Waals surface area (Å²) in [6.45, 7) is 0. The maximum absolute atomic E-state index is 12.7. The third-order valence-corrected chi connectivity index (χ3v) is 4.86. The number of carbonyl (C=O) groups excluding carboxylic acids is 1. The molecule has 3 N–H and O–H groups in total. The molecule has 0 saturated heterocycles. The van der Waals surface area contributed by atoms with E-state index in [2.05, 4.69) is 22.6 Å². The highest BCUT2D eigenvalue weighted by Gasteiger charge is 2.28. The molecule has 3 aromatic rings. The van der Waals surface area contributed by atoms with Gasteiger partial charge in [0.2, 0.25) is 5.88 Å². The van der Waals surface area contributed by atoms with Crippen LogP contribution in [-0.2, 0) is 6.42 Å². The van der Waals surface area contributed by atoms with Gasteiger partial charge in [-0.15, -0.1) is 0 Å². The second-order valence-electron chi connectivity index (χ2n) is 5.55. The van der Waals surface area contributed by atoms with E-state index in [1.165, 1.54) is 22.5 Å². The Kier molecular flexibility index (Phi) is 3.38. The van der Waals surface area contributed by atoms with E-state index in [4.69, 9.17) is 10.3 Å². The second-order valence-corrected chi connectivity index (χ2v) is 6.33. The first-order valence-corrected chi connectivity index (χ1v) is 8.34. The monoisotopic (exact) mass is 325 g/mol. The van der Waals surface area contributed by atoms with E-state index in [9.17, 15) is 4.79 Å². The maximum Gasteiger partial charge on any atom is 0.259 e. The molecule has 0 spiro atoms. The van der Waals surface area contributed by atoms with Crippen LogP contribution >= 0.6 is 11.3 Å². The fourth-order valence-corrected chi connectivity index (χ4v) is 3.70. The summed E-state index contributed by atoms with van der Waals surface area (Å²) in [7, 11) is 0. The number of hydrogen-bond donors (Lipinski definition) is 2. The number of nitrogen functional groups attached to an aromatic ring is 1. The van der Waals surface area contributed by atoms with Crippen LogP contribution in [0.5, 0.6) is 0 Å². The molecule has 1 aromatic carbocycles. The fraction of sp³-hybridized carbons (Fsp3) is 0.176. The zero-order valence-corrected chi connectivity index (χ0v) is 13.1. The van der Waals surface area contributed by atoms with Gasteiger partial charge >= 0.3 is 0 Å². The number of amides is 1. The summed E-state index contributed by atoms with van der Waals surface area (Å²) in [6.07, 6.45) is 1.86. The predicted octanol–water partition coefficient (Wildman–Crippen LogP) is 3.40. The number of aryl methyl sites for hydroxylation is 1. The van der Waals surface area contributed by atoms with Crippen LogP contribution < -0.4 is 11.1 Å². The van der Waals surface area contributed by atoms with Gasteiger partial charge in [-0.1, -0.05) is 29.4 Å². The van der Waals surface area contributed by atoms with Crippen LogP contribution in [0.2, 0.25) is 0 Å². The van der Waals surface area contributed by atoms with Crippen molar-refractivity contribution < 1.29 is 9.32 Å². The molecule has 0 bridgehead atoms. The van der Waals surface area contributed by atoms with E-state index >= 15 is 0 Å². The van der Waals surface area contributed by atoms with Crippen LogP contribution in [0.15, 0.2) is 45.6 Å². The first-order valence-electron chi connectivity index (χ1n) is 7.40. The van der Waals surface area contributed by atoms with Gasteiger partial charge in [0, 0.05) is 10.9 Å². The molecule has 1 aliphatic rings. The average molecular weight is 325 g/mol. The van der Waals surface area contributed by atoms with Crippen LogP contribution in [0.1, 0.15) is 33.9 Å². The second kappa shape index (κ2) is 5.55. The average Bonchev–Trinajstić information content (AvgIpc) is 3.27. The number of carbonyl (C=O) groups is 1. The predicted molar refractivity (Wildman–Crippen MR) is 89.2 cm³/mol. The molecule has 1 aliphatic carbocycles. The number of nitrogens with two attached hydrogens (primary N) is 1. The van der Waals surface area contributed by atoms with Crippen molar-refractivity contribution in [2.24, 2.45) is 0 Å². The van der Waals surface area contributed by atoms with Gasteiger partial charge in [0.15, 0.2) is 0 Å². The van der Waals surface area contributed by atoms with Gasteiger partial charge in [0.25, 0.3) is 5.91 Å². The van der Waals surface area contributed by atoms with Crippen LogP contribution in [0.3, 0.4) is 0 Å². The fourth-order valence-electron chi connectivity index (χ4n) is 3.06. The van der Waals surface area contributed by atoms with Crippen molar-refractivity contribution in [1.82, 2.24) is 10.5 Å². The molecule has 1 atom stereocenters. The lowest BCUT2D eigenvalue weighted by Gasteiger charge is -2.14. The van der Waals surface area contributed by atoms with Crippen molar-refractivity contribution in [3.05, 3.63) is 57.8 Å². The van der Waals surface area contributed by atoms with Crippen LogP contribution in [0.4, 0.5) is 5.88 Å². The maximum atomic E-state index is 12.7. The molecule has 0 saturated carbocycles. The molecule has 0 radical (unpaired) electrons. The topological polar surface area (TPSA) is 81.2 Å². The minimum absolute atomic E-state index is 0.00308. The quantitative estimate of drug-likeness (QED) is 0.773. The van der Waals surface area contributed by atoms with Crippen molar-refractivity contribution in [3.8, 4) is 11.3 Å². The highest BCUT2D eigenvalue weighted by atomic mass is 32.1. The molecule has 116 valence electrons. The lowest BCUT2D eigenvalue weighted by molar-refractivity contribution is 0.0938. The number of aromatic nitrogens is 1. The zero-order valence-electron chi connectivity index (χ0n) is 12.3. The molecule has 4 rings (SSSR count). The highest BCUT2D eigenvalue weighted by Crippen LogP contribution is 2.33. The number of nitrogens with one attached hydrogen (secondary N) is 1. The van der Waals surface area contributed by atoms with Crippen LogP contribution in [0.25, 0.3) is 11.3 Å². The van der Waals surface area contributed by atoms with E-state index in [-0.39, 0.29) is 17.8 Å². The van der Waals surface area contributed by atoms with Crippen LogP contribution in [-0.4, -0.2) is 11.1 Å². The van der Waals surface area contributed by atoms with Gasteiger partial charge in [0.1, 0.15) is 11.3 Å². The lowest BCUT2D eigenvalue weighted by Crippen LogP contribution is -2.27. The van der Waals surface area contributed by atoms with Gasteiger partial charge in [-0.3, -0.25) is 4.79 Å². The molecule has 0 fully saturated rings. The number of fused-ring (bicyclic) bond motifs is 1. The minimum Gasteiger partial charge on any atom is -0.367 e. The zero-order chi connectivity index (χ0) is 15.8. The molecule has 23 heavy (non-hydrogen) atoms. The Labute approximate surface area is 137 Å². The molecule has 5 nitrogen and oxygen atoms in total. The van der Waals surface area contributed by atoms with Crippen molar-refractivity contribution in [2.75, 3.05) is 5.73 Å². The van der Waals surface area contributed by atoms with Gasteiger partial charge in [0.05, 0.1) is 6.04 Å². The van der Waals surface area contributed by atoms with Crippen molar-refractivity contribution in [1.29, 1.82) is 0 Å². The number of benzene rings is 1. The van der Waals surface area contributed by atoms with Gasteiger partial charge in [-0.05, 0) is 35.4 Å². The summed E-state index contributed by atoms with van der Waals surface area (Å²) < 4.78 is 5.05. The SMILES string of the molecule is Nc1onc(-c2ccsc2)c1C(=O)NC1CCc2ccccc21. The normalized spacial score (nSPS) is 16.3. The van der Waals surface area contributed by atoms with E-state index in [0.29, 0.717) is 11.3 Å². The van der Waals surface area contributed by atoms with Crippen LogP contribution in [0, 0.1) is 0 Å². The first-order chi connectivity index (χ1) is 11.2. The number of rotatable bonds is 3. The Hall–Kier alpha value is -2.60. The Morgan fingerprint density at radius 2 is 2.22 bits per heavy atom. The van der Waals surface area contributed by atoms with Gasteiger partial charge in [-0.25, -0.2) is 0 Å². The Morgan fingerprint density at radius 3 is 3.04 bits per heavy atom. The van der Waals surface area contributed by atoms with Crippen molar-refractivity contribution >= 4 is 23.1 Å². The Morgan fingerprint density at radius 1 is 1.35 bits per heavy atom. The molecule has 1 amide bonds. The Bertz CT molecular complexity index is 855. The number of nitrogens with zero attached hydrogens (tertiary/aromatic N) is 1. The number of thiophene rings is 1. The summed E-state index contributed by atoms with van der Waals surface area (Å²) in [5.41, 5.74) is 9.94. The lowest BCUT2D eigenvalue weighted by atomic mass is 10.1. The molecular weight excluding hydrogens is 310 g/mol. The summed E-state index contributed by atoms with van der Waals surface area (Å²) in [6, 6.07) is 10.1. The van der Waals surface area contributed by atoms with E-state index in [1.54, 1.807) is 0 Å². The standard InChI is InChI=1S/C17H15N3O2S/c18-16-14(15(20-22-16)11-7-8-23-9-11)17(21)19-13-6-5-10-3-1-2-4-12(10)13/h1-4,7-9,13H,5-6,18H2,(H,19,21). The molecule has 1 unspecified atom stereocenters. The molecule has 2 heterocycles. The third kappa shape index (κ3) is 2.41. The summed E-state index contributed by atoms with van der Waals surface area (Å²) >= 11 is 1.53. The number of hydrogen-bond acceptors (Lipinski definition) is 5. The van der Waals surface area contributed by atoms with E-state index in [0.717, 1.165) is 18.4 Å². The summed E-state index contributed by atoms with van der Waals surface area (Å²) in [5, 5.41) is 10.9. The minimum atomic E-state index is -0.244. The Balaban J connectivity index is 1.63.